The number of allylic oxidation sites excluding steroid dienone is 1. The summed E-state index contributed by atoms with van der Waals surface area (Å²) in [5.41, 5.74) is 3.64. The largest absolute Gasteiger partial charge is 0.290 e. The van der Waals surface area contributed by atoms with Gasteiger partial charge in [0.2, 0.25) is 0 Å². The van der Waals surface area contributed by atoms with Gasteiger partial charge >= 0.3 is 0 Å². The second-order valence-corrected chi connectivity index (χ2v) is 7.12. The maximum atomic E-state index is 2.83. The molecule has 2 aliphatic rings. The zero-order valence-corrected chi connectivity index (χ0v) is 14.2. The van der Waals surface area contributed by atoms with E-state index in [9.17, 15) is 0 Å². The minimum Gasteiger partial charge on any atom is -0.290 e. The molecule has 120 valence electrons. The van der Waals surface area contributed by atoms with Crippen molar-refractivity contribution < 1.29 is 0 Å². The first-order chi connectivity index (χ1) is 10.8. The normalized spacial score (nSPS) is 26.1. The fourth-order valence-corrected chi connectivity index (χ4v) is 4.50. The number of hydrogen-bond acceptors (Lipinski definition) is 1. The van der Waals surface area contributed by atoms with Crippen molar-refractivity contribution in [1.29, 1.82) is 0 Å². The molecule has 22 heavy (non-hydrogen) atoms. The summed E-state index contributed by atoms with van der Waals surface area (Å²) in [6.45, 7) is 4.72. The predicted octanol–water partition coefficient (Wildman–Crippen LogP) is 5.71. The summed E-state index contributed by atoms with van der Waals surface area (Å²) < 4.78 is 0. The Morgan fingerprint density at radius 3 is 2.68 bits per heavy atom. The molecule has 0 saturated carbocycles. The van der Waals surface area contributed by atoms with E-state index in [1.165, 1.54) is 69.9 Å². The van der Waals surface area contributed by atoms with Gasteiger partial charge in [-0.1, -0.05) is 61.7 Å². The molecular weight excluding hydrogens is 266 g/mol. The monoisotopic (exact) mass is 297 g/mol. The molecule has 3 rings (SSSR count). The molecule has 0 radical (unpaired) electrons. The Labute approximate surface area is 136 Å². The smallest absolute Gasteiger partial charge is 0.0424 e. The second kappa shape index (κ2) is 7.46. The van der Waals surface area contributed by atoms with Gasteiger partial charge < -0.3 is 0 Å². The summed E-state index contributed by atoms with van der Waals surface area (Å²) in [4.78, 5) is 2.83. The van der Waals surface area contributed by atoms with Crippen molar-refractivity contribution in [1.82, 2.24) is 4.90 Å². The van der Waals surface area contributed by atoms with Gasteiger partial charge in [-0.15, -0.1) is 0 Å². The van der Waals surface area contributed by atoms with Crippen molar-refractivity contribution in [3.63, 3.8) is 0 Å². The van der Waals surface area contributed by atoms with Crippen molar-refractivity contribution >= 4 is 0 Å². The number of unbranched alkanes of at least 4 members (excludes halogenated alkanes) is 1. The van der Waals surface area contributed by atoms with Gasteiger partial charge in [0, 0.05) is 12.1 Å². The van der Waals surface area contributed by atoms with E-state index >= 15 is 0 Å². The van der Waals surface area contributed by atoms with E-state index < -0.39 is 0 Å². The lowest BCUT2D eigenvalue weighted by Gasteiger charge is -2.51. The van der Waals surface area contributed by atoms with Crippen LogP contribution in [0.15, 0.2) is 42.0 Å². The highest BCUT2D eigenvalue weighted by atomic mass is 15.2. The Balaban J connectivity index is 1.83. The Morgan fingerprint density at radius 1 is 1.05 bits per heavy atom. The highest BCUT2D eigenvalue weighted by molar-refractivity contribution is 5.26. The molecule has 1 aromatic carbocycles. The lowest BCUT2D eigenvalue weighted by atomic mass is 9.71. The molecule has 1 aromatic rings. The number of benzene rings is 1. The SMILES string of the molecule is CCCCC1=CCCCC12CCCCN2Cc1ccccc1. The van der Waals surface area contributed by atoms with E-state index in [1.54, 1.807) is 5.57 Å². The summed E-state index contributed by atoms with van der Waals surface area (Å²) in [5.74, 6) is 0. The van der Waals surface area contributed by atoms with Crippen molar-refractivity contribution in [2.75, 3.05) is 6.54 Å². The Morgan fingerprint density at radius 2 is 1.86 bits per heavy atom. The molecule has 0 N–H and O–H groups in total. The van der Waals surface area contributed by atoms with Crippen LogP contribution < -0.4 is 0 Å². The molecule has 1 aliphatic heterocycles. The van der Waals surface area contributed by atoms with Crippen molar-refractivity contribution in [2.45, 2.75) is 76.8 Å². The molecule has 1 atom stereocenters. The lowest BCUT2D eigenvalue weighted by molar-refractivity contribution is 0.0519. The van der Waals surface area contributed by atoms with Crippen molar-refractivity contribution in [3.8, 4) is 0 Å². The summed E-state index contributed by atoms with van der Waals surface area (Å²) in [5, 5.41) is 0. The lowest BCUT2D eigenvalue weighted by Crippen LogP contribution is -2.53. The molecule has 1 nitrogen and oxygen atoms in total. The molecule has 1 heteroatoms. The third-order valence-electron chi connectivity index (χ3n) is 5.67. The predicted molar refractivity (Wildman–Crippen MR) is 94.9 cm³/mol. The summed E-state index contributed by atoms with van der Waals surface area (Å²) >= 11 is 0. The highest BCUT2D eigenvalue weighted by Gasteiger charge is 2.41. The fourth-order valence-electron chi connectivity index (χ4n) is 4.50. The van der Waals surface area contributed by atoms with E-state index in [2.05, 4.69) is 48.2 Å². The molecule has 1 fully saturated rings. The first kappa shape index (κ1) is 15.8. The van der Waals surface area contributed by atoms with E-state index in [-0.39, 0.29) is 0 Å². The van der Waals surface area contributed by atoms with Gasteiger partial charge in [0.15, 0.2) is 0 Å². The molecule has 1 saturated heterocycles. The van der Waals surface area contributed by atoms with Crippen LogP contribution in [0.25, 0.3) is 0 Å². The quantitative estimate of drug-likeness (QED) is 0.629. The van der Waals surface area contributed by atoms with Gasteiger partial charge in [-0.05, 0) is 57.1 Å². The topological polar surface area (TPSA) is 3.24 Å². The average molecular weight is 297 g/mol. The van der Waals surface area contributed by atoms with Crippen LogP contribution in [0, 0.1) is 0 Å². The fraction of sp³-hybridized carbons (Fsp3) is 0.619. The van der Waals surface area contributed by atoms with E-state index in [4.69, 9.17) is 0 Å². The molecule has 0 bridgehead atoms. The maximum Gasteiger partial charge on any atom is 0.0424 e. The first-order valence-electron chi connectivity index (χ1n) is 9.33. The van der Waals surface area contributed by atoms with Crippen LogP contribution in [0.5, 0.6) is 0 Å². The van der Waals surface area contributed by atoms with Gasteiger partial charge in [-0.25, -0.2) is 0 Å². The minimum absolute atomic E-state index is 0.390. The second-order valence-electron chi connectivity index (χ2n) is 7.12. The molecule has 1 aliphatic carbocycles. The van der Waals surface area contributed by atoms with Crippen LogP contribution in [0.3, 0.4) is 0 Å². The van der Waals surface area contributed by atoms with E-state index in [0.29, 0.717) is 5.54 Å². The standard InChI is InChI=1S/C21H31N/c1-2-3-13-20-14-7-8-15-21(20)16-9-10-17-22(21)18-19-11-5-4-6-12-19/h4-6,11-12,14H,2-3,7-10,13,15-18H2,1H3. The van der Waals surface area contributed by atoms with Gasteiger partial charge in [0.25, 0.3) is 0 Å². The highest BCUT2D eigenvalue weighted by Crippen LogP contribution is 2.44. The van der Waals surface area contributed by atoms with Gasteiger partial charge in [0.05, 0.1) is 0 Å². The molecule has 0 aromatic heterocycles. The van der Waals surface area contributed by atoms with E-state index in [0.717, 1.165) is 6.54 Å². The van der Waals surface area contributed by atoms with Crippen molar-refractivity contribution in [3.05, 3.63) is 47.5 Å². The van der Waals surface area contributed by atoms with Crippen LogP contribution in [0.1, 0.15) is 70.3 Å². The van der Waals surface area contributed by atoms with Crippen LogP contribution in [0.4, 0.5) is 0 Å². The molecule has 0 amide bonds. The number of nitrogens with zero attached hydrogens (tertiary/aromatic N) is 1. The third kappa shape index (κ3) is 3.30. The van der Waals surface area contributed by atoms with Crippen LogP contribution in [-0.2, 0) is 6.54 Å². The molecule has 1 spiro atoms. The summed E-state index contributed by atoms with van der Waals surface area (Å²) in [6.07, 6.45) is 14.8. The minimum atomic E-state index is 0.390. The first-order valence-corrected chi connectivity index (χ1v) is 9.33. The molecule has 1 heterocycles. The van der Waals surface area contributed by atoms with Crippen LogP contribution >= 0.6 is 0 Å². The average Bonchev–Trinajstić information content (AvgIpc) is 2.57. The zero-order chi connectivity index (χ0) is 15.3. The number of hydrogen-bond donors (Lipinski definition) is 0. The van der Waals surface area contributed by atoms with Gasteiger partial charge in [-0.2, -0.15) is 0 Å². The molecular formula is C21H31N. The van der Waals surface area contributed by atoms with Crippen LogP contribution in [-0.4, -0.2) is 17.0 Å². The Kier molecular flexibility index (Phi) is 5.36. The number of rotatable bonds is 5. The number of likely N-dealkylation sites (tertiary alicyclic amines) is 1. The van der Waals surface area contributed by atoms with Gasteiger partial charge in [0.1, 0.15) is 0 Å². The summed E-state index contributed by atoms with van der Waals surface area (Å²) in [7, 11) is 0. The van der Waals surface area contributed by atoms with Gasteiger partial charge in [-0.3, -0.25) is 4.90 Å². The maximum absolute atomic E-state index is 2.83. The molecule has 1 unspecified atom stereocenters. The zero-order valence-electron chi connectivity index (χ0n) is 14.2. The number of piperidine rings is 1. The van der Waals surface area contributed by atoms with E-state index in [1.807, 2.05) is 0 Å². The Hall–Kier alpha value is -1.08. The summed E-state index contributed by atoms with van der Waals surface area (Å²) in [6, 6.07) is 11.1. The third-order valence-corrected chi connectivity index (χ3v) is 5.67. The Bertz CT molecular complexity index is 490. The van der Waals surface area contributed by atoms with Crippen molar-refractivity contribution in [2.24, 2.45) is 0 Å². The van der Waals surface area contributed by atoms with Crippen LogP contribution in [0.2, 0.25) is 0 Å².